The van der Waals surface area contributed by atoms with E-state index in [4.69, 9.17) is 4.74 Å². The van der Waals surface area contributed by atoms with Crippen LogP contribution in [0.5, 0.6) is 0 Å². The van der Waals surface area contributed by atoms with Crippen molar-refractivity contribution >= 4 is 17.8 Å². The normalized spacial score (nSPS) is 27.0. The smallest absolute Gasteiger partial charge is 0.303 e. The Morgan fingerprint density at radius 2 is 1.95 bits per heavy atom. The number of fused-ring (bicyclic) bond motifs is 1. The molecule has 2 amide bonds. The van der Waals surface area contributed by atoms with Crippen LogP contribution in [0.25, 0.3) is 0 Å². The zero-order valence-electron chi connectivity index (χ0n) is 12.3. The number of esters is 1. The van der Waals surface area contributed by atoms with Crippen molar-refractivity contribution in [3.8, 4) is 0 Å². The zero-order valence-corrected chi connectivity index (χ0v) is 12.3. The van der Waals surface area contributed by atoms with Gasteiger partial charge in [-0.15, -0.1) is 0 Å². The molecule has 3 rings (SSSR count). The molecule has 0 N–H and O–H groups in total. The zero-order chi connectivity index (χ0) is 15.7. The second kappa shape index (κ2) is 5.75. The monoisotopic (exact) mass is 299 g/mol. The van der Waals surface area contributed by atoms with Crippen molar-refractivity contribution in [2.45, 2.75) is 26.0 Å². The maximum Gasteiger partial charge on any atom is 0.303 e. The molecular formula is C17H17NO4. The number of nitrogens with zero attached hydrogens (tertiary/aromatic N) is 1. The van der Waals surface area contributed by atoms with Crippen molar-refractivity contribution < 1.29 is 19.1 Å². The summed E-state index contributed by atoms with van der Waals surface area (Å²) in [7, 11) is 0. The Labute approximate surface area is 128 Å². The predicted molar refractivity (Wildman–Crippen MR) is 78.3 cm³/mol. The van der Waals surface area contributed by atoms with E-state index in [1.165, 1.54) is 11.8 Å². The minimum Gasteiger partial charge on any atom is -0.457 e. The van der Waals surface area contributed by atoms with Gasteiger partial charge in [-0.3, -0.25) is 19.3 Å². The number of imide groups is 1. The van der Waals surface area contributed by atoms with Gasteiger partial charge in [0.2, 0.25) is 11.8 Å². The molecule has 1 saturated heterocycles. The van der Waals surface area contributed by atoms with Gasteiger partial charge in [-0.25, -0.2) is 0 Å². The van der Waals surface area contributed by atoms with E-state index < -0.39 is 23.9 Å². The third-order valence-corrected chi connectivity index (χ3v) is 4.12. The van der Waals surface area contributed by atoms with Crippen LogP contribution in [0.3, 0.4) is 0 Å². The molecule has 1 fully saturated rings. The molecule has 0 saturated carbocycles. The van der Waals surface area contributed by atoms with E-state index in [1.807, 2.05) is 36.4 Å². The quantitative estimate of drug-likeness (QED) is 0.484. The Hall–Kier alpha value is -2.43. The number of hydrogen-bond acceptors (Lipinski definition) is 4. The molecule has 5 nitrogen and oxygen atoms in total. The van der Waals surface area contributed by atoms with Gasteiger partial charge in [-0.1, -0.05) is 36.4 Å². The van der Waals surface area contributed by atoms with Crippen LogP contribution >= 0.6 is 0 Å². The highest BCUT2D eigenvalue weighted by molar-refractivity contribution is 6.05. The van der Waals surface area contributed by atoms with E-state index in [0.717, 1.165) is 5.56 Å². The lowest BCUT2D eigenvalue weighted by molar-refractivity contribution is -0.150. The average molecular weight is 299 g/mol. The van der Waals surface area contributed by atoms with Crippen LogP contribution in [0.2, 0.25) is 0 Å². The van der Waals surface area contributed by atoms with Gasteiger partial charge in [0.05, 0.1) is 18.4 Å². The van der Waals surface area contributed by atoms with Gasteiger partial charge >= 0.3 is 5.97 Å². The fourth-order valence-electron chi connectivity index (χ4n) is 3.14. The molecule has 0 bridgehead atoms. The summed E-state index contributed by atoms with van der Waals surface area (Å²) in [6, 6.07) is 9.39. The summed E-state index contributed by atoms with van der Waals surface area (Å²) in [5.41, 5.74) is 0.903. The van der Waals surface area contributed by atoms with Crippen LogP contribution < -0.4 is 0 Å². The molecule has 1 aromatic carbocycles. The number of allylic oxidation sites excluding steroid dienone is 1. The minimum absolute atomic E-state index is 0.180. The second-order valence-corrected chi connectivity index (χ2v) is 5.62. The highest BCUT2D eigenvalue weighted by Crippen LogP contribution is 2.37. The minimum atomic E-state index is -0.645. The van der Waals surface area contributed by atoms with Crippen molar-refractivity contribution in [1.29, 1.82) is 0 Å². The summed E-state index contributed by atoms with van der Waals surface area (Å²) in [6.07, 6.45) is 3.39. The topological polar surface area (TPSA) is 63.7 Å². The largest absolute Gasteiger partial charge is 0.457 e. The number of carbonyl (C=O) groups excluding carboxylic acids is 3. The van der Waals surface area contributed by atoms with Crippen molar-refractivity contribution in [2.75, 3.05) is 0 Å². The lowest BCUT2D eigenvalue weighted by Gasteiger charge is -2.25. The van der Waals surface area contributed by atoms with Crippen LogP contribution in [0, 0.1) is 11.8 Å². The number of ether oxygens (including phenoxy) is 1. The Kier molecular flexibility index (Phi) is 3.79. The lowest BCUT2D eigenvalue weighted by Crippen LogP contribution is -2.36. The molecule has 5 heteroatoms. The SMILES string of the molecule is CC(=O)O[C@@H]1C=CC[C@@H]2C(=O)N(Cc3ccccc3)C(=O)[C@@H]21. The Balaban J connectivity index is 1.83. The molecule has 2 aliphatic rings. The van der Waals surface area contributed by atoms with Crippen LogP contribution in [0.4, 0.5) is 0 Å². The maximum absolute atomic E-state index is 12.6. The summed E-state index contributed by atoms with van der Waals surface area (Å²) in [5.74, 6) is -1.90. The summed E-state index contributed by atoms with van der Waals surface area (Å²) < 4.78 is 5.20. The second-order valence-electron chi connectivity index (χ2n) is 5.62. The number of hydrogen-bond donors (Lipinski definition) is 0. The molecule has 114 valence electrons. The third kappa shape index (κ3) is 2.54. The first-order chi connectivity index (χ1) is 10.6. The van der Waals surface area contributed by atoms with Crippen molar-refractivity contribution in [3.05, 3.63) is 48.0 Å². The van der Waals surface area contributed by atoms with E-state index in [9.17, 15) is 14.4 Å². The van der Waals surface area contributed by atoms with Gasteiger partial charge in [-0.05, 0) is 18.1 Å². The molecule has 0 aromatic heterocycles. The van der Waals surface area contributed by atoms with Crippen molar-refractivity contribution in [3.63, 3.8) is 0 Å². The first-order valence-electron chi connectivity index (χ1n) is 7.31. The van der Waals surface area contributed by atoms with Crippen LogP contribution in [-0.4, -0.2) is 28.8 Å². The molecule has 1 aliphatic carbocycles. The van der Waals surface area contributed by atoms with Gasteiger partial charge in [0, 0.05) is 6.92 Å². The van der Waals surface area contributed by atoms with E-state index >= 15 is 0 Å². The maximum atomic E-state index is 12.6. The molecular weight excluding hydrogens is 282 g/mol. The van der Waals surface area contributed by atoms with Crippen molar-refractivity contribution in [2.24, 2.45) is 11.8 Å². The van der Waals surface area contributed by atoms with Crippen LogP contribution in [0.1, 0.15) is 18.9 Å². The van der Waals surface area contributed by atoms with Gasteiger partial charge in [0.15, 0.2) is 0 Å². The highest BCUT2D eigenvalue weighted by atomic mass is 16.5. The molecule has 3 atom stereocenters. The Morgan fingerprint density at radius 3 is 2.64 bits per heavy atom. The molecule has 0 radical (unpaired) electrons. The summed E-state index contributed by atoms with van der Waals surface area (Å²) >= 11 is 0. The standard InChI is InChI=1S/C17H17NO4/c1-11(19)22-14-9-5-8-13-15(14)17(21)18(16(13)20)10-12-6-3-2-4-7-12/h2-7,9,13-15H,8,10H2,1H3/t13-,14+,15-/m0/s1. The number of benzene rings is 1. The van der Waals surface area contributed by atoms with E-state index in [1.54, 1.807) is 6.08 Å². The van der Waals surface area contributed by atoms with Crippen LogP contribution in [0.15, 0.2) is 42.5 Å². The predicted octanol–water partition coefficient (Wildman–Crippen LogP) is 1.68. The number of likely N-dealkylation sites (tertiary alicyclic amines) is 1. The summed E-state index contributed by atoms with van der Waals surface area (Å²) in [5, 5.41) is 0. The summed E-state index contributed by atoms with van der Waals surface area (Å²) in [4.78, 5) is 37.6. The van der Waals surface area contributed by atoms with Gasteiger partial charge in [0.25, 0.3) is 0 Å². The van der Waals surface area contributed by atoms with Gasteiger partial charge in [-0.2, -0.15) is 0 Å². The lowest BCUT2D eigenvalue weighted by atomic mass is 9.83. The van der Waals surface area contributed by atoms with Crippen molar-refractivity contribution in [1.82, 2.24) is 4.90 Å². The first kappa shape index (κ1) is 14.5. The number of carbonyl (C=O) groups is 3. The number of rotatable bonds is 3. The Bertz CT molecular complexity index is 637. The van der Waals surface area contributed by atoms with E-state index in [0.29, 0.717) is 6.42 Å². The number of amides is 2. The van der Waals surface area contributed by atoms with Crippen LogP contribution in [-0.2, 0) is 25.7 Å². The molecule has 22 heavy (non-hydrogen) atoms. The molecule has 0 spiro atoms. The molecule has 1 aliphatic heterocycles. The van der Waals surface area contributed by atoms with E-state index in [-0.39, 0.29) is 18.4 Å². The van der Waals surface area contributed by atoms with Gasteiger partial charge < -0.3 is 4.74 Å². The fraction of sp³-hybridized carbons (Fsp3) is 0.353. The first-order valence-corrected chi connectivity index (χ1v) is 7.31. The fourth-order valence-corrected chi connectivity index (χ4v) is 3.14. The molecule has 0 unspecified atom stereocenters. The van der Waals surface area contributed by atoms with E-state index in [2.05, 4.69) is 0 Å². The third-order valence-electron chi connectivity index (χ3n) is 4.12. The Morgan fingerprint density at radius 1 is 1.23 bits per heavy atom. The molecule has 1 aromatic rings. The average Bonchev–Trinajstić information content (AvgIpc) is 2.74. The highest BCUT2D eigenvalue weighted by Gasteiger charge is 2.52. The molecule has 1 heterocycles. The summed E-state index contributed by atoms with van der Waals surface area (Å²) in [6.45, 7) is 1.57. The van der Waals surface area contributed by atoms with Gasteiger partial charge in [0.1, 0.15) is 6.10 Å².